The van der Waals surface area contributed by atoms with Crippen LogP contribution >= 0.6 is 0 Å². The summed E-state index contributed by atoms with van der Waals surface area (Å²) in [5, 5.41) is 20.3. The van der Waals surface area contributed by atoms with Crippen LogP contribution in [0.1, 0.15) is 90.2 Å². The van der Waals surface area contributed by atoms with Crippen LogP contribution in [0.5, 0.6) is 0 Å². The minimum atomic E-state index is -0.882. The number of carbonyl (C=O) groups is 5. The third kappa shape index (κ3) is 23.8. The maximum absolute atomic E-state index is 13.8. The zero-order chi connectivity index (χ0) is 44.0. The van der Waals surface area contributed by atoms with E-state index in [1.54, 1.807) is 0 Å². The van der Waals surface area contributed by atoms with E-state index >= 15 is 0 Å². The number of hydrogen-bond donors (Lipinski definition) is 6. The van der Waals surface area contributed by atoms with Crippen LogP contribution in [0.15, 0.2) is 36.4 Å². The molecule has 0 aromatic heterocycles. The highest BCUT2D eigenvalue weighted by molar-refractivity contribution is 5.93. The normalized spacial score (nSPS) is 16.7. The van der Waals surface area contributed by atoms with Crippen molar-refractivity contribution in [3.8, 4) is 0 Å². The Morgan fingerprint density at radius 1 is 0.767 bits per heavy atom. The van der Waals surface area contributed by atoms with Gasteiger partial charge in [-0.25, -0.2) is 4.79 Å². The van der Waals surface area contributed by atoms with Crippen LogP contribution in [0.2, 0.25) is 0 Å². The Labute approximate surface area is 356 Å². The Morgan fingerprint density at radius 3 is 2.03 bits per heavy atom. The van der Waals surface area contributed by atoms with Crippen molar-refractivity contribution >= 4 is 29.5 Å². The van der Waals surface area contributed by atoms with Gasteiger partial charge in [-0.15, -0.1) is 0 Å². The lowest BCUT2D eigenvalue weighted by atomic mass is 9.83. The number of rotatable bonds is 32. The van der Waals surface area contributed by atoms with Gasteiger partial charge in [0.15, 0.2) is 5.78 Å². The molecule has 1 aliphatic carbocycles. The molecule has 3 unspecified atom stereocenters. The maximum atomic E-state index is 13.8. The summed E-state index contributed by atoms with van der Waals surface area (Å²) in [6.45, 7) is 10.7. The largest absolute Gasteiger partial charge is 0.392 e. The highest BCUT2D eigenvalue weighted by Crippen LogP contribution is 2.21. The molecule has 0 radical (unpaired) electrons. The van der Waals surface area contributed by atoms with Crippen molar-refractivity contribution in [2.45, 2.75) is 110 Å². The van der Waals surface area contributed by atoms with Gasteiger partial charge in [0.1, 0.15) is 12.6 Å². The molecule has 5 atom stereocenters. The van der Waals surface area contributed by atoms with Crippen LogP contribution in [0, 0.1) is 17.8 Å². The molecule has 2 rings (SSSR count). The first kappa shape index (κ1) is 52.2. The Balaban J connectivity index is 1.61. The lowest BCUT2D eigenvalue weighted by Gasteiger charge is -2.28. The van der Waals surface area contributed by atoms with Gasteiger partial charge < -0.3 is 55.8 Å². The number of carbonyl (C=O) groups excluding carboxylic acids is 5. The number of benzene rings is 1. The predicted molar refractivity (Wildman–Crippen MR) is 228 cm³/mol. The smallest absolute Gasteiger partial charge is 0.312 e. The average Bonchev–Trinajstić information content (AvgIpc) is 3.21. The number of nitrogens with two attached hydrogens (primary N) is 1. The van der Waals surface area contributed by atoms with E-state index in [1.165, 1.54) is 12.8 Å². The van der Waals surface area contributed by atoms with Crippen molar-refractivity contribution in [2.75, 3.05) is 72.6 Å². The molecule has 0 heterocycles. The second-order valence-corrected chi connectivity index (χ2v) is 15.6. The predicted octanol–water partition coefficient (Wildman–Crippen LogP) is 3.12. The van der Waals surface area contributed by atoms with Gasteiger partial charge in [0, 0.05) is 25.4 Å². The highest BCUT2D eigenvalue weighted by Gasteiger charge is 2.32. The summed E-state index contributed by atoms with van der Waals surface area (Å²) in [6, 6.07) is 5.18. The quantitative estimate of drug-likeness (QED) is 0.0457. The number of aliphatic hydroxyl groups is 1. The Morgan fingerprint density at radius 2 is 1.40 bits per heavy atom. The average molecular weight is 848 g/mol. The molecule has 7 N–H and O–H groups in total. The summed E-state index contributed by atoms with van der Waals surface area (Å²) in [5.41, 5.74) is 7.04. The topological polar surface area (TPSA) is 226 Å². The molecule has 340 valence electrons. The second kappa shape index (κ2) is 31.9. The van der Waals surface area contributed by atoms with Crippen LogP contribution in [0.3, 0.4) is 0 Å². The van der Waals surface area contributed by atoms with E-state index < -0.39 is 29.9 Å². The molecule has 0 aliphatic heterocycles. The van der Waals surface area contributed by atoms with Crippen LogP contribution in [-0.2, 0) is 55.9 Å². The zero-order valence-corrected chi connectivity index (χ0v) is 36.4. The summed E-state index contributed by atoms with van der Waals surface area (Å²) in [4.78, 5) is 63.4. The van der Waals surface area contributed by atoms with E-state index in [9.17, 15) is 29.1 Å². The van der Waals surface area contributed by atoms with Gasteiger partial charge in [0.25, 0.3) is 0 Å². The Kier molecular flexibility index (Phi) is 27.7. The van der Waals surface area contributed by atoms with Gasteiger partial charge in [-0.2, -0.15) is 0 Å². The molecule has 16 nitrogen and oxygen atoms in total. The molecular formula is C44H73N5O11. The number of primary amides is 1. The summed E-state index contributed by atoms with van der Waals surface area (Å²) >= 11 is 0. The fourth-order valence-corrected chi connectivity index (χ4v) is 6.46. The molecule has 0 bridgehead atoms. The van der Waals surface area contributed by atoms with E-state index in [0.29, 0.717) is 59.0 Å². The fourth-order valence-electron chi connectivity index (χ4n) is 6.46. The van der Waals surface area contributed by atoms with Crippen molar-refractivity contribution < 1.29 is 52.8 Å². The number of nitrogens with one attached hydrogen (secondary N) is 4. The first-order valence-corrected chi connectivity index (χ1v) is 21.6. The second-order valence-electron chi connectivity index (χ2n) is 15.6. The first-order chi connectivity index (χ1) is 28.9. The monoisotopic (exact) mass is 848 g/mol. The molecule has 60 heavy (non-hydrogen) atoms. The number of ether oxygens (including phenoxy) is 5. The van der Waals surface area contributed by atoms with Gasteiger partial charge >= 0.3 is 6.03 Å². The molecule has 1 aromatic rings. The minimum Gasteiger partial charge on any atom is -0.392 e. The molecule has 1 aromatic carbocycles. The van der Waals surface area contributed by atoms with Crippen molar-refractivity contribution in [1.29, 1.82) is 0 Å². The summed E-state index contributed by atoms with van der Waals surface area (Å²) in [7, 11) is 0. The van der Waals surface area contributed by atoms with Crippen molar-refractivity contribution in [2.24, 2.45) is 23.5 Å². The van der Waals surface area contributed by atoms with E-state index in [2.05, 4.69) is 33.4 Å². The van der Waals surface area contributed by atoms with Gasteiger partial charge in [-0.3, -0.25) is 19.2 Å². The number of allylic oxidation sites excluding steroid dienone is 1. The van der Waals surface area contributed by atoms with Crippen LogP contribution in [0.4, 0.5) is 4.79 Å². The number of amides is 5. The third-order valence-corrected chi connectivity index (χ3v) is 10.3. The summed E-state index contributed by atoms with van der Waals surface area (Å²) in [5.74, 6) is -1.84. The van der Waals surface area contributed by atoms with Crippen molar-refractivity contribution in [3.63, 3.8) is 0 Å². The molecule has 5 amide bonds. The van der Waals surface area contributed by atoms with E-state index in [0.717, 1.165) is 30.4 Å². The van der Waals surface area contributed by atoms with Gasteiger partial charge in [-0.05, 0) is 61.5 Å². The van der Waals surface area contributed by atoms with E-state index in [4.69, 9.17) is 29.4 Å². The fraction of sp³-hybridized carbons (Fsp3) is 0.705. The highest BCUT2D eigenvalue weighted by atomic mass is 16.6. The number of Topliss-reactive ketones (excluding diaryl/α,β-unsaturated/α-hetero) is 1. The minimum absolute atomic E-state index is 0.00430. The standard InChI is InChI=1S/C44H73N5O11/c1-32(2)41(43(54)48-38(13-10-19-47-44(45)55)42(53)34(4)33(3)29-35-14-16-36(30-50)17-15-35)49-39(51)18-21-56-23-25-58-27-28-59-26-24-57-22-20-46-40(52)31-60-37-11-8-6-5-7-9-12-37/h8,11,14-17,32-34,37-38,41,50H,5-7,9-10,12-13,18-31H2,1-4H3,(H,46,52)(H,48,54)(H,49,51)(H3,45,47,55)/b11-8-/t33?,34?,37?,38-,41-/m0/s1. The maximum Gasteiger partial charge on any atom is 0.312 e. The molecule has 0 spiro atoms. The van der Waals surface area contributed by atoms with Gasteiger partial charge in [-0.1, -0.05) is 77.0 Å². The van der Waals surface area contributed by atoms with E-state index in [1.807, 2.05) is 52.0 Å². The number of urea groups is 1. The van der Waals surface area contributed by atoms with Gasteiger partial charge in [0.2, 0.25) is 17.7 Å². The number of aliphatic hydroxyl groups excluding tert-OH is 1. The molecular weight excluding hydrogens is 775 g/mol. The Bertz CT molecular complexity index is 1410. The molecule has 16 heteroatoms. The third-order valence-electron chi connectivity index (χ3n) is 10.3. The SMILES string of the molecule is CC(Cc1ccc(CO)cc1)C(C)C(=O)[C@H](CCCNC(N)=O)NC(=O)[C@@H](NC(=O)CCOCCOCCOCCOCCNC(=O)COC1/C=C\CCCCC1)C(C)C. The lowest BCUT2D eigenvalue weighted by Crippen LogP contribution is -2.54. The lowest BCUT2D eigenvalue weighted by molar-refractivity contribution is -0.134. The van der Waals surface area contributed by atoms with Crippen LogP contribution in [0.25, 0.3) is 0 Å². The molecule has 0 fully saturated rings. The van der Waals surface area contributed by atoms with Gasteiger partial charge in [0.05, 0.1) is 71.6 Å². The molecule has 0 saturated heterocycles. The molecule has 0 saturated carbocycles. The summed E-state index contributed by atoms with van der Waals surface area (Å²) in [6.07, 6.45) is 11.1. The first-order valence-electron chi connectivity index (χ1n) is 21.6. The Hall–Kier alpha value is -3.93. The van der Waals surface area contributed by atoms with E-state index in [-0.39, 0.29) is 81.4 Å². The van der Waals surface area contributed by atoms with Crippen LogP contribution in [-0.4, -0.2) is 125 Å². The van der Waals surface area contributed by atoms with Crippen molar-refractivity contribution in [3.05, 3.63) is 47.5 Å². The zero-order valence-electron chi connectivity index (χ0n) is 36.4. The van der Waals surface area contributed by atoms with Crippen molar-refractivity contribution in [1.82, 2.24) is 21.3 Å². The number of ketones is 1. The molecule has 1 aliphatic rings. The summed E-state index contributed by atoms with van der Waals surface area (Å²) < 4.78 is 27.8. The van der Waals surface area contributed by atoms with Crippen LogP contribution < -0.4 is 27.0 Å². The number of hydrogen-bond acceptors (Lipinski definition) is 11.